The van der Waals surface area contributed by atoms with Crippen molar-refractivity contribution in [2.24, 2.45) is 0 Å². The minimum absolute atomic E-state index is 0.739. The zero-order valence-electron chi connectivity index (χ0n) is 12.3. The van der Waals surface area contributed by atoms with Crippen molar-refractivity contribution in [1.29, 1.82) is 0 Å². The molecule has 0 amide bonds. The fourth-order valence-corrected chi connectivity index (χ4v) is 2.46. The zero-order chi connectivity index (χ0) is 14.2. The minimum atomic E-state index is 0.739. The second kappa shape index (κ2) is 8.13. The summed E-state index contributed by atoms with van der Waals surface area (Å²) in [6, 6.07) is 19.4. The largest absolute Gasteiger partial charge is 0.313 e. The van der Waals surface area contributed by atoms with Crippen LogP contribution in [0.4, 0.5) is 0 Å². The molecule has 1 atom stereocenters. The highest BCUT2D eigenvalue weighted by Crippen LogP contribution is 2.19. The fraction of sp³-hybridized carbons (Fsp3) is 0.333. The summed E-state index contributed by atoms with van der Waals surface area (Å²) in [7, 11) is 0. The number of rotatable bonds is 7. The zero-order valence-corrected chi connectivity index (χ0v) is 13.1. The standard InChI is InChI=1S/C18H23NS/c1-15(20-2)12-13-19-14-16-8-10-18(11-9-16)17-6-4-3-5-7-17/h3-11,15,19H,12-14H2,1-2H3. The lowest BCUT2D eigenvalue weighted by atomic mass is 10.0. The maximum absolute atomic E-state index is 3.51. The van der Waals surface area contributed by atoms with E-state index in [-0.39, 0.29) is 0 Å². The van der Waals surface area contributed by atoms with Gasteiger partial charge in [-0.15, -0.1) is 0 Å². The van der Waals surface area contributed by atoms with Crippen LogP contribution in [0.3, 0.4) is 0 Å². The quantitative estimate of drug-likeness (QED) is 0.747. The first kappa shape index (κ1) is 15.1. The van der Waals surface area contributed by atoms with Gasteiger partial charge in [0.2, 0.25) is 0 Å². The third-order valence-electron chi connectivity index (χ3n) is 3.52. The molecule has 0 aliphatic carbocycles. The van der Waals surface area contributed by atoms with E-state index in [9.17, 15) is 0 Å². The Kier molecular flexibility index (Phi) is 6.16. The lowest BCUT2D eigenvalue weighted by Crippen LogP contribution is -2.17. The van der Waals surface area contributed by atoms with Gasteiger partial charge in [-0.3, -0.25) is 0 Å². The first-order chi connectivity index (χ1) is 9.79. The molecule has 0 saturated carbocycles. The molecule has 0 aromatic heterocycles. The van der Waals surface area contributed by atoms with Crippen molar-refractivity contribution < 1.29 is 0 Å². The molecular formula is C18H23NS. The van der Waals surface area contributed by atoms with Crippen molar-refractivity contribution in [3.63, 3.8) is 0 Å². The van der Waals surface area contributed by atoms with Gasteiger partial charge in [0.25, 0.3) is 0 Å². The molecule has 2 aromatic rings. The molecule has 0 fully saturated rings. The molecule has 0 radical (unpaired) electrons. The molecule has 0 heterocycles. The van der Waals surface area contributed by atoms with Crippen molar-refractivity contribution in [3.05, 3.63) is 60.2 Å². The summed E-state index contributed by atoms with van der Waals surface area (Å²) in [5.74, 6) is 0. The monoisotopic (exact) mass is 285 g/mol. The summed E-state index contributed by atoms with van der Waals surface area (Å²) in [6.45, 7) is 4.32. The Labute approximate surface area is 126 Å². The van der Waals surface area contributed by atoms with Crippen molar-refractivity contribution in [2.75, 3.05) is 12.8 Å². The highest BCUT2D eigenvalue weighted by atomic mass is 32.2. The van der Waals surface area contributed by atoms with E-state index in [0.717, 1.165) is 18.3 Å². The number of hydrogen-bond donors (Lipinski definition) is 1. The molecule has 20 heavy (non-hydrogen) atoms. The average molecular weight is 285 g/mol. The first-order valence-electron chi connectivity index (χ1n) is 7.17. The lowest BCUT2D eigenvalue weighted by Gasteiger charge is -2.09. The van der Waals surface area contributed by atoms with E-state index >= 15 is 0 Å². The average Bonchev–Trinajstić information content (AvgIpc) is 2.52. The van der Waals surface area contributed by atoms with Gasteiger partial charge in [0.05, 0.1) is 0 Å². The van der Waals surface area contributed by atoms with Crippen LogP contribution < -0.4 is 5.32 Å². The van der Waals surface area contributed by atoms with Crippen LogP contribution in [-0.2, 0) is 6.54 Å². The van der Waals surface area contributed by atoms with Gasteiger partial charge in [-0.05, 0) is 35.9 Å². The van der Waals surface area contributed by atoms with Crippen molar-refractivity contribution in [2.45, 2.75) is 25.1 Å². The molecule has 0 spiro atoms. The summed E-state index contributed by atoms with van der Waals surface area (Å²) >= 11 is 1.93. The van der Waals surface area contributed by atoms with Crippen molar-refractivity contribution in [3.8, 4) is 11.1 Å². The van der Waals surface area contributed by atoms with Gasteiger partial charge in [0, 0.05) is 11.8 Å². The summed E-state index contributed by atoms with van der Waals surface area (Å²) in [6.07, 6.45) is 3.40. The molecule has 106 valence electrons. The second-order valence-corrected chi connectivity index (χ2v) is 6.35. The van der Waals surface area contributed by atoms with Crippen LogP contribution in [0.5, 0.6) is 0 Å². The summed E-state index contributed by atoms with van der Waals surface area (Å²) in [5.41, 5.74) is 3.91. The molecule has 2 rings (SSSR count). The number of benzene rings is 2. The van der Waals surface area contributed by atoms with Gasteiger partial charge in [0.15, 0.2) is 0 Å². The lowest BCUT2D eigenvalue weighted by molar-refractivity contribution is 0.648. The smallest absolute Gasteiger partial charge is 0.0205 e. The summed E-state index contributed by atoms with van der Waals surface area (Å²) < 4.78 is 0. The normalized spacial score (nSPS) is 12.3. The Hall–Kier alpha value is -1.25. The maximum Gasteiger partial charge on any atom is 0.0205 e. The van der Waals surface area contributed by atoms with E-state index in [1.165, 1.54) is 23.1 Å². The maximum atomic E-state index is 3.51. The van der Waals surface area contributed by atoms with E-state index in [1.807, 2.05) is 11.8 Å². The van der Waals surface area contributed by atoms with Crippen LogP contribution >= 0.6 is 11.8 Å². The first-order valence-corrected chi connectivity index (χ1v) is 8.46. The molecule has 1 N–H and O–H groups in total. The Bertz CT molecular complexity index is 493. The predicted octanol–water partition coefficient (Wildman–Crippen LogP) is 4.58. The van der Waals surface area contributed by atoms with Crippen molar-refractivity contribution >= 4 is 11.8 Å². The summed E-state index contributed by atoms with van der Waals surface area (Å²) in [4.78, 5) is 0. The molecular weight excluding hydrogens is 262 g/mol. The van der Waals surface area contributed by atoms with Gasteiger partial charge >= 0.3 is 0 Å². The van der Waals surface area contributed by atoms with Gasteiger partial charge in [0.1, 0.15) is 0 Å². The third kappa shape index (κ3) is 4.69. The van der Waals surface area contributed by atoms with E-state index in [2.05, 4.69) is 73.1 Å². The number of thioether (sulfide) groups is 1. The van der Waals surface area contributed by atoms with Crippen LogP contribution in [0, 0.1) is 0 Å². The highest BCUT2D eigenvalue weighted by Gasteiger charge is 1.99. The number of hydrogen-bond acceptors (Lipinski definition) is 2. The predicted molar refractivity (Wildman–Crippen MR) is 91.2 cm³/mol. The van der Waals surface area contributed by atoms with E-state index in [0.29, 0.717) is 0 Å². The van der Waals surface area contributed by atoms with Crippen LogP contribution in [0.15, 0.2) is 54.6 Å². The minimum Gasteiger partial charge on any atom is -0.313 e. The Morgan fingerprint density at radius 1 is 0.950 bits per heavy atom. The van der Waals surface area contributed by atoms with Crippen LogP contribution in [0.2, 0.25) is 0 Å². The molecule has 0 saturated heterocycles. The van der Waals surface area contributed by atoms with Gasteiger partial charge in [-0.1, -0.05) is 61.5 Å². The Morgan fingerprint density at radius 3 is 2.25 bits per heavy atom. The molecule has 1 unspecified atom stereocenters. The molecule has 2 heteroatoms. The Balaban J connectivity index is 1.83. The van der Waals surface area contributed by atoms with Gasteiger partial charge in [-0.25, -0.2) is 0 Å². The molecule has 1 nitrogen and oxygen atoms in total. The van der Waals surface area contributed by atoms with E-state index in [1.54, 1.807) is 0 Å². The van der Waals surface area contributed by atoms with Crippen LogP contribution in [0.25, 0.3) is 11.1 Å². The molecule has 2 aromatic carbocycles. The van der Waals surface area contributed by atoms with Crippen molar-refractivity contribution in [1.82, 2.24) is 5.32 Å². The van der Waals surface area contributed by atoms with Crippen LogP contribution in [-0.4, -0.2) is 18.1 Å². The van der Waals surface area contributed by atoms with E-state index < -0.39 is 0 Å². The molecule has 0 aliphatic rings. The molecule has 0 aliphatic heterocycles. The second-order valence-electron chi connectivity index (χ2n) is 5.07. The van der Waals surface area contributed by atoms with Crippen LogP contribution in [0.1, 0.15) is 18.9 Å². The SMILES string of the molecule is CSC(C)CCNCc1ccc(-c2ccccc2)cc1. The van der Waals surface area contributed by atoms with E-state index in [4.69, 9.17) is 0 Å². The third-order valence-corrected chi connectivity index (χ3v) is 4.56. The fourth-order valence-electron chi connectivity index (χ4n) is 2.10. The number of nitrogens with one attached hydrogen (secondary N) is 1. The topological polar surface area (TPSA) is 12.0 Å². The summed E-state index contributed by atoms with van der Waals surface area (Å²) in [5, 5.41) is 4.25. The van der Waals surface area contributed by atoms with Gasteiger partial charge < -0.3 is 5.32 Å². The van der Waals surface area contributed by atoms with Gasteiger partial charge in [-0.2, -0.15) is 11.8 Å². The highest BCUT2D eigenvalue weighted by molar-refractivity contribution is 7.99. The molecule has 0 bridgehead atoms. The Morgan fingerprint density at radius 2 is 1.60 bits per heavy atom.